The molecule has 3 N–H and O–H groups in total. The Kier molecular flexibility index (Phi) is 3.14. The van der Waals surface area contributed by atoms with Gasteiger partial charge in [-0.25, -0.2) is 5.43 Å². The fourth-order valence-corrected chi connectivity index (χ4v) is 2.02. The Bertz CT molecular complexity index is 683. The van der Waals surface area contributed by atoms with Crippen molar-refractivity contribution >= 4 is 10.9 Å². The molecule has 0 fully saturated rings. The Morgan fingerprint density at radius 2 is 1.89 bits per heavy atom. The van der Waals surface area contributed by atoms with Gasteiger partial charge in [-0.3, -0.25) is 20.8 Å². The van der Waals surface area contributed by atoms with Crippen LogP contribution < -0.4 is 11.3 Å². The summed E-state index contributed by atoms with van der Waals surface area (Å²) in [5, 5.41) is 1.10. The molecule has 0 aliphatic carbocycles. The van der Waals surface area contributed by atoms with Crippen molar-refractivity contribution in [3.05, 3.63) is 66.4 Å². The molecular formula is C14H13N5. The van der Waals surface area contributed by atoms with Crippen molar-refractivity contribution in [2.75, 3.05) is 0 Å². The van der Waals surface area contributed by atoms with Crippen LogP contribution in [0.2, 0.25) is 0 Å². The van der Waals surface area contributed by atoms with Gasteiger partial charge in [0, 0.05) is 17.8 Å². The van der Waals surface area contributed by atoms with Crippen molar-refractivity contribution in [3.63, 3.8) is 0 Å². The van der Waals surface area contributed by atoms with Crippen LogP contribution in [0.1, 0.15) is 17.4 Å². The zero-order valence-electron chi connectivity index (χ0n) is 10.2. The van der Waals surface area contributed by atoms with Crippen molar-refractivity contribution < 1.29 is 0 Å². The van der Waals surface area contributed by atoms with E-state index in [1.807, 2.05) is 36.4 Å². The molecule has 19 heavy (non-hydrogen) atoms. The molecule has 1 atom stereocenters. The summed E-state index contributed by atoms with van der Waals surface area (Å²) in [4.78, 5) is 12.9. The van der Waals surface area contributed by atoms with Crippen LogP contribution in [0.3, 0.4) is 0 Å². The number of para-hydroxylation sites is 1. The van der Waals surface area contributed by atoms with Crippen LogP contribution in [-0.4, -0.2) is 15.0 Å². The number of aromatic nitrogens is 3. The lowest BCUT2D eigenvalue weighted by molar-refractivity contribution is 0.604. The summed E-state index contributed by atoms with van der Waals surface area (Å²) in [6, 6.07) is 11.7. The molecule has 0 spiro atoms. The Hall–Kier alpha value is -2.37. The maximum Gasteiger partial charge on any atom is 0.107 e. The second-order valence-corrected chi connectivity index (χ2v) is 4.16. The lowest BCUT2D eigenvalue weighted by atomic mass is 10.1. The monoisotopic (exact) mass is 251 g/mol. The topological polar surface area (TPSA) is 76.7 Å². The Balaban J connectivity index is 2.06. The summed E-state index contributed by atoms with van der Waals surface area (Å²) in [5.41, 5.74) is 5.23. The number of nitrogens with zero attached hydrogens (tertiary/aromatic N) is 3. The molecule has 0 saturated carbocycles. The van der Waals surface area contributed by atoms with Gasteiger partial charge in [0.15, 0.2) is 0 Å². The number of hydrogen-bond acceptors (Lipinski definition) is 5. The van der Waals surface area contributed by atoms with Crippen LogP contribution >= 0.6 is 0 Å². The van der Waals surface area contributed by atoms with Crippen LogP contribution in [0, 0.1) is 0 Å². The third-order valence-corrected chi connectivity index (χ3v) is 2.96. The Morgan fingerprint density at radius 1 is 1.00 bits per heavy atom. The number of fused-ring (bicyclic) bond motifs is 1. The lowest BCUT2D eigenvalue weighted by Gasteiger charge is -2.14. The predicted octanol–water partition coefficient (Wildman–Crippen LogP) is 1.58. The van der Waals surface area contributed by atoms with E-state index in [9.17, 15) is 0 Å². The first-order chi connectivity index (χ1) is 9.38. The van der Waals surface area contributed by atoms with Gasteiger partial charge < -0.3 is 0 Å². The number of hydrogen-bond donors (Lipinski definition) is 2. The quantitative estimate of drug-likeness (QED) is 0.546. The Morgan fingerprint density at radius 3 is 2.68 bits per heavy atom. The maximum atomic E-state index is 5.62. The minimum absolute atomic E-state index is 0.265. The minimum Gasteiger partial charge on any atom is -0.270 e. The molecule has 0 bridgehead atoms. The van der Waals surface area contributed by atoms with Gasteiger partial charge in [-0.1, -0.05) is 24.3 Å². The van der Waals surface area contributed by atoms with Crippen LogP contribution in [0.25, 0.3) is 10.9 Å². The second-order valence-electron chi connectivity index (χ2n) is 4.16. The SMILES string of the molecule is NNC(c1cnccn1)c1ccc2ccccc2n1. The zero-order valence-corrected chi connectivity index (χ0v) is 10.2. The highest BCUT2D eigenvalue weighted by Gasteiger charge is 2.15. The van der Waals surface area contributed by atoms with Crippen LogP contribution in [-0.2, 0) is 0 Å². The molecule has 0 aliphatic heterocycles. The van der Waals surface area contributed by atoms with E-state index in [4.69, 9.17) is 5.84 Å². The number of nitrogens with one attached hydrogen (secondary N) is 1. The summed E-state index contributed by atoms with van der Waals surface area (Å²) in [6.07, 6.45) is 4.95. The molecule has 2 heterocycles. The predicted molar refractivity (Wildman–Crippen MR) is 72.9 cm³/mol. The number of rotatable bonds is 3. The third-order valence-electron chi connectivity index (χ3n) is 2.96. The van der Waals surface area contributed by atoms with E-state index >= 15 is 0 Å². The minimum atomic E-state index is -0.265. The number of pyridine rings is 1. The van der Waals surface area contributed by atoms with Crippen molar-refractivity contribution in [1.82, 2.24) is 20.4 Å². The van der Waals surface area contributed by atoms with E-state index in [1.165, 1.54) is 0 Å². The van der Waals surface area contributed by atoms with Gasteiger partial charge in [0.1, 0.15) is 6.04 Å². The van der Waals surface area contributed by atoms with E-state index in [0.29, 0.717) is 0 Å². The summed E-state index contributed by atoms with van der Waals surface area (Å²) in [7, 11) is 0. The molecule has 5 heteroatoms. The molecule has 3 rings (SSSR count). The van der Waals surface area contributed by atoms with Gasteiger partial charge >= 0.3 is 0 Å². The van der Waals surface area contributed by atoms with Crippen LogP contribution in [0.5, 0.6) is 0 Å². The molecule has 1 unspecified atom stereocenters. The van der Waals surface area contributed by atoms with Crippen LogP contribution in [0.4, 0.5) is 0 Å². The molecule has 5 nitrogen and oxygen atoms in total. The summed E-state index contributed by atoms with van der Waals surface area (Å²) in [5.74, 6) is 5.62. The van der Waals surface area contributed by atoms with Gasteiger partial charge in [-0.2, -0.15) is 0 Å². The molecule has 0 saturated heterocycles. The normalized spacial score (nSPS) is 12.5. The average molecular weight is 251 g/mol. The number of nitrogens with two attached hydrogens (primary N) is 1. The van der Waals surface area contributed by atoms with Gasteiger partial charge in [-0.15, -0.1) is 0 Å². The standard InChI is InChI=1S/C14H13N5/c15-19-14(13-9-16-7-8-17-13)12-6-5-10-3-1-2-4-11(10)18-12/h1-9,14,19H,15H2. The van der Waals surface area contributed by atoms with Crippen molar-refractivity contribution in [2.45, 2.75) is 6.04 Å². The fourth-order valence-electron chi connectivity index (χ4n) is 2.02. The lowest BCUT2D eigenvalue weighted by Crippen LogP contribution is -2.30. The highest BCUT2D eigenvalue weighted by atomic mass is 15.2. The molecule has 0 amide bonds. The molecule has 94 valence electrons. The first-order valence-electron chi connectivity index (χ1n) is 5.96. The zero-order chi connectivity index (χ0) is 13.1. The molecule has 3 aromatic rings. The van der Waals surface area contributed by atoms with E-state index in [-0.39, 0.29) is 6.04 Å². The highest BCUT2D eigenvalue weighted by Crippen LogP contribution is 2.20. The van der Waals surface area contributed by atoms with Crippen molar-refractivity contribution in [1.29, 1.82) is 0 Å². The van der Waals surface area contributed by atoms with Gasteiger partial charge in [0.2, 0.25) is 0 Å². The second kappa shape index (κ2) is 5.09. The first kappa shape index (κ1) is 11.7. The van der Waals surface area contributed by atoms with E-state index < -0.39 is 0 Å². The van der Waals surface area contributed by atoms with Gasteiger partial charge in [-0.05, 0) is 12.1 Å². The maximum absolute atomic E-state index is 5.62. The first-order valence-corrected chi connectivity index (χ1v) is 5.96. The summed E-state index contributed by atoms with van der Waals surface area (Å²) < 4.78 is 0. The molecular weight excluding hydrogens is 238 g/mol. The summed E-state index contributed by atoms with van der Waals surface area (Å²) in [6.45, 7) is 0. The number of benzene rings is 1. The van der Waals surface area contributed by atoms with Crippen LogP contribution in [0.15, 0.2) is 55.0 Å². The smallest absolute Gasteiger partial charge is 0.107 e. The van der Waals surface area contributed by atoms with Crippen molar-refractivity contribution in [3.8, 4) is 0 Å². The van der Waals surface area contributed by atoms with E-state index in [2.05, 4.69) is 20.4 Å². The summed E-state index contributed by atoms with van der Waals surface area (Å²) >= 11 is 0. The largest absolute Gasteiger partial charge is 0.270 e. The molecule has 1 aromatic carbocycles. The molecule has 0 radical (unpaired) electrons. The average Bonchev–Trinajstić information content (AvgIpc) is 2.49. The van der Waals surface area contributed by atoms with E-state index in [1.54, 1.807) is 18.6 Å². The highest BCUT2D eigenvalue weighted by molar-refractivity contribution is 5.78. The fraction of sp³-hybridized carbons (Fsp3) is 0.0714. The van der Waals surface area contributed by atoms with E-state index in [0.717, 1.165) is 22.3 Å². The Labute approximate surface area is 110 Å². The third kappa shape index (κ3) is 2.29. The van der Waals surface area contributed by atoms with Gasteiger partial charge in [0.05, 0.1) is 23.1 Å². The molecule has 0 aliphatic rings. The van der Waals surface area contributed by atoms with Crippen molar-refractivity contribution in [2.24, 2.45) is 5.84 Å². The van der Waals surface area contributed by atoms with Gasteiger partial charge in [0.25, 0.3) is 0 Å². The number of hydrazine groups is 1. The molecule has 2 aromatic heterocycles.